The van der Waals surface area contributed by atoms with E-state index in [9.17, 15) is 13.2 Å². The Morgan fingerprint density at radius 2 is 2.04 bits per heavy atom. The Morgan fingerprint density at radius 3 is 2.58 bits per heavy atom. The fraction of sp³-hybridized carbons (Fsp3) is 0.500. The minimum Gasteiger partial charge on any atom is -0.465 e. The monoisotopic (exact) mass is 417 g/mol. The second kappa shape index (κ2) is 7.23. The molecule has 6 nitrogen and oxygen atoms in total. The number of hydrogen-bond acceptors (Lipinski definition) is 6. The van der Waals surface area contributed by atoms with Crippen LogP contribution in [0.1, 0.15) is 32.3 Å². The average Bonchev–Trinajstić information content (AvgIpc) is 2.95. The van der Waals surface area contributed by atoms with E-state index in [4.69, 9.17) is 9.57 Å². The van der Waals surface area contributed by atoms with Gasteiger partial charge in [-0.1, -0.05) is 33.2 Å². The molecule has 0 saturated carbocycles. The topological polar surface area (TPSA) is 82.0 Å². The molecular formula is C16H20BrNO5S. The van der Waals surface area contributed by atoms with Crippen molar-refractivity contribution in [2.75, 3.05) is 12.9 Å². The maximum absolute atomic E-state index is 12.2. The van der Waals surface area contributed by atoms with Gasteiger partial charge in [0.25, 0.3) is 0 Å². The molecule has 1 aliphatic rings. The van der Waals surface area contributed by atoms with E-state index < -0.39 is 26.7 Å². The molecule has 0 N–H and O–H groups in total. The summed E-state index contributed by atoms with van der Waals surface area (Å²) in [7, 11) is -3.67. The highest BCUT2D eigenvalue weighted by Crippen LogP contribution is 2.30. The molecule has 1 heterocycles. The van der Waals surface area contributed by atoms with Crippen molar-refractivity contribution >= 4 is 37.4 Å². The second-order valence-corrected chi connectivity index (χ2v) is 9.27. The van der Waals surface area contributed by atoms with Crippen molar-refractivity contribution < 1.29 is 22.8 Å². The molecule has 1 aromatic carbocycles. The van der Waals surface area contributed by atoms with Gasteiger partial charge in [-0.3, -0.25) is 4.79 Å². The normalized spacial score (nSPS) is 20.0. The summed E-state index contributed by atoms with van der Waals surface area (Å²) in [6, 6.07) is 7.58. The number of carbonyl (C=O) groups is 1. The summed E-state index contributed by atoms with van der Waals surface area (Å²) >= 11 is 3.37. The van der Waals surface area contributed by atoms with Crippen LogP contribution in [0.4, 0.5) is 0 Å². The van der Waals surface area contributed by atoms with Crippen molar-refractivity contribution in [2.24, 2.45) is 5.16 Å². The van der Waals surface area contributed by atoms with E-state index in [0.29, 0.717) is 6.42 Å². The van der Waals surface area contributed by atoms with Gasteiger partial charge in [-0.05, 0) is 31.5 Å². The first kappa shape index (κ1) is 18.9. The molecular weight excluding hydrogens is 398 g/mol. The van der Waals surface area contributed by atoms with Crippen molar-refractivity contribution in [3.8, 4) is 0 Å². The summed E-state index contributed by atoms with van der Waals surface area (Å²) in [4.78, 5) is 17.6. The average molecular weight is 418 g/mol. The molecule has 2 unspecified atom stereocenters. The maximum Gasteiger partial charge on any atom is 0.327 e. The highest BCUT2D eigenvalue weighted by molar-refractivity contribution is 9.10. The third kappa shape index (κ3) is 3.97. The van der Waals surface area contributed by atoms with Crippen molar-refractivity contribution in [1.82, 2.24) is 0 Å². The third-order valence-corrected chi connectivity index (χ3v) is 6.55. The number of carbonyl (C=O) groups excluding carboxylic acids is 1. The molecule has 2 rings (SSSR count). The van der Waals surface area contributed by atoms with Gasteiger partial charge in [0.15, 0.2) is 14.6 Å². The molecule has 1 aliphatic heterocycles. The second-order valence-electron chi connectivity index (χ2n) is 5.90. The molecule has 0 spiro atoms. The molecule has 1 aromatic rings. The molecule has 0 radical (unpaired) electrons. The van der Waals surface area contributed by atoms with Crippen LogP contribution < -0.4 is 0 Å². The fourth-order valence-corrected chi connectivity index (χ4v) is 3.57. The summed E-state index contributed by atoms with van der Waals surface area (Å²) in [5, 5.41) is 4.04. The maximum atomic E-state index is 12.2. The lowest BCUT2D eigenvalue weighted by atomic mass is 9.97. The lowest BCUT2D eigenvalue weighted by molar-refractivity contribution is -0.146. The predicted octanol–water partition coefficient (Wildman–Crippen LogP) is 2.70. The van der Waals surface area contributed by atoms with E-state index >= 15 is 0 Å². The quantitative estimate of drug-likeness (QED) is 0.664. The number of sulfone groups is 1. The van der Waals surface area contributed by atoms with Crippen LogP contribution in [0, 0.1) is 0 Å². The zero-order chi connectivity index (χ0) is 18.0. The highest BCUT2D eigenvalue weighted by Gasteiger charge is 2.48. The number of oxime groups is 1. The Hall–Kier alpha value is -1.41. The molecule has 0 fully saturated rings. The Bertz CT molecular complexity index is 744. The van der Waals surface area contributed by atoms with Crippen LogP contribution in [-0.2, 0) is 24.2 Å². The molecule has 0 aliphatic carbocycles. The number of hydrogen-bond donors (Lipinski definition) is 0. The number of esters is 1. The largest absolute Gasteiger partial charge is 0.465 e. The molecule has 0 bridgehead atoms. The van der Waals surface area contributed by atoms with Gasteiger partial charge in [0.05, 0.1) is 12.3 Å². The molecule has 0 amide bonds. The van der Waals surface area contributed by atoms with Crippen LogP contribution in [-0.4, -0.2) is 43.8 Å². The van der Waals surface area contributed by atoms with Gasteiger partial charge in [0, 0.05) is 23.6 Å². The zero-order valence-corrected chi connectivity index (χ0v) is 16.2. The number of ether oxygens (including phenoxy) is 1. The highest BCUT2D eigenvalue weighted by atomic mass is 79.9. The summed E-state index contributed by atoms with van der Waals surface area (Å²) in [5.41, 5.74) is 1.63. The summed E-state index contributed by atoms with van der Waals surface area (Å²) in [6.45, 7) is 3.14. The number of halogens is 1. The fourth-order valence-electron chi connectivity index (χ4n) is 2.45. The summed E-state index contributed by atoms with van der Waals surface area (Å²) in [5.74, 6) is -0.756. The lowest BCUT2D eigenvalue weighted by Crippen LogP contribution is -2.47. The van der Waals surface area contributed by atoms with Crippen LogP contribution in [0.5, 0.6) is 0 Å². The minimum atomic E-state index is -3.67. The SMILES string of the molecule is CCOC(=O)C(C)(CC1CC(c2ccc(Br)cc2)=NO1)S(C)(=O)=O. The first-order valence-corrected chi connectivity index (χ1v) is 10.2. The molecule has 8 heteroatoms. The van der Waals surface area contributed by atoms with Crippen molar-refractivity contribution in [2.45, 2.75) is 37.5 Å². The van der Waals surface area contributed by atoms with Gasteiger partial charge in [-0.2, -0.15) is 0 Å². The Kier molecular flexibility index (Phi) is 5.70. The van der Waals surface area contributed by atoms with Gasteiger partial charge in [-0.25, -0.2) is 8.42 Å². The zero-order valence-electron chi connectivity index (χ0n) is 13.8. The van der Waals surface area contributed by atoms with Crippen LogP contribution >= 0.6 is 15.9 Å². The number of nitrogens with zero attached hydrogens (tertiary/aromatic N) is 1. The minimum absolute atomic E-state index is 0.00576. The lowest BCUT2D eigenvalue weighted by Gasteiger charge is -2.27. The Balaban J connectivity index is 2.13. The Morgan fingerprint density at radius 1 is 1.42 bits per heavy atom. The van der Waals surface area contributed by atoms with E-state index in [0.717, 1.165) is 22.0 Å². The van der Waals surface area contributed by atoms with Crippen molar-refractivity contribution in [3.63, 3.8) is 0 Å². The van der Waals surface area contributed by atoms with Crippen LogP contribution in [0.2, 0.25) is 0 Å². The number of benzene rings is 1. The van der Waals surface area contributed by atoms with Gasteiger partial charge < -0.3 is 9.57 Å². The van der Waals surface area contributed by atoms with Gasteiger partial charge in [0.1, 0.15) is 6.10 Å². The molecule has 0 aromatic heterocycles. The summed E-state index contributed by atoms with van der Waals surface area (Å²) < 4.78 is 28.5. The third-order valence-electron chi connectivity index (χ3n) is 4.05. The Labute approximate surface area is 150 Å². The van der Waals surface area contributed by atoms with Crippen LogP contribution in [0.25, 0.3) is 0 Å². The molecule has 24 heavy (non-hydrogen) atoms. The van der Waals surface area contributed by atoms with Crippen molar-refractivity contribution in [1.29, 1.82) is 0 Å². The van der Waals surface area contributed by atoms with Gasteiger partial charge in [-0.15, -0.1) is 0 Å². The van der Waals surface area contributed by atoms with Crippen LogP contribution in [0.3, 0.4) is 0 Å². The van der Waals surface area contributed by atoms with E-state index in [1.165, 1.54) is 6.92 Å². The van der Waals surface area contributed by atoms with Gasteiger partial charge in [0.2, 0.25) is 0 Å². The van der Waals surface area contributed by atoms with Crippen molar-refractivity contribution in [3.05, 3.63) is 34.3 Å². The smallest absolute Gasteiger partial charge is 0.327 e. The molecule has 132 valence electrons. The van der Waals surface area contributed by atoms with E-state index in [1.54, 1.807) is 6.92 Å². The van der Waals surface area contributed by atoms with Crippen LogP contribution in [0.15, 0.2) is 33.9 Å². The van der Waals surface area contributed by atoms with E-state index in [-0.39, 0.29) is 13.0 Å². The standard InChI is InChI=1S/C16H20BrNO5S/c1-4-22-15(19)16(2,24(3,20)21)10-13-9-14(18-23-13)11-5-7-12(17)8-6-11/h5-8,13H,4,9-10H2,1-3H3. The molecule has 0 saturated heterocycles. The van der Waals surface area contributed by atoms with E-state index in [2.05, 4.69) is 21.1 Å². The first-order valence-electron chi connectivity index (χ1n) is 7.53. The summed E-state index contributed by atoms with van der Waals surface area (Å²) in [6.07, 6.45) is 0.975. The molecule has 2 atom stereocenters. The first-order chi connectivity index (χ1) is 11.2. The predicted molar refractivity (Wildman–Crippen MR) is 94.7 cm³/mol. The number of rotatable bonds is 6. The van der Waals surface area contributed by atoms with E-state index in [1.807, 2.05) is 24.3 Å². The van der Waals surface area contributed by atoms with Gasteiger partial charge >= 0.3 is 5.97 Å².